The van der Waals surface area contributed by atoms with Gasteiger partial charge in [0.2, 0.25) is 5.91 Å². The van der Waals surface area contributed by atoms with Crippen molar-refractivity contribution < 1.29 is 31.0 Å². The lowest BCUT2D eigenvalue weighted by molar-refractivity contribution is -0.181. The predicted octanol–water partition coefficient (Wildman–Crippen LogP) is 5.42. The average Bonchev–Trinajstić information content (AvgIpc) is 3.12. The predicted molar refractivity (Wildman–Crippen MR) is 142 cm³/mol. The molecule has 3 aliphatic rings. The van der Waals surface area contributed by atoms with Crippen LogP contribution in [0, 0.1) is 10.2 Å². The molecule has 0 radical (unpaired) electrons. The number of anilines is 2. The highest BCUT2D eigenvalue weighted by atomic mass is 35.5. The second-order valence-electron chi connectivity index (χ2n) is 11.7. The number of aromatic nitrogens is 3. The van der Waals surface area contributed by atoms with E-state index in [1.807, 2.05) is 0 Å². The fourth-order valence-electron chi connectivity index (χ4n) is 6.13. The molecule has 41 heavy (non-hydrogen) atoms. The molecule has 8 nitrogen and oxygen atoms in total. The molecule has 0 spiro atoms. The van der Waals surface area contributed by atoms with E-state index in [9.17, 15) is 22.2 Å². The van der Waals surface area contributed by atoms with Crippen molar-refractivity contribution in [2.75, 3.05) is 17.7 Å². The number of benzene rings is 1. The van der Waals surface area contributed by atoms with Crippen molar-refractivity contribution in [2.24, 2.45) is 5.41 Å². The van der Waals surface area contributed by atoms with Crippen molar-refractivity contribution in [3.05, 3.63) is 52.9 Å². The van der Waals surface area contributed by atoms with Crippen LogP contribution in [0.4, 0.5) is 33.3 Å². The first-order valence-corrected chi connectivity index (χ1v) is 15.2. The van der Waals surface area contributed by atoms with E-state index < -0.39 is 57.1 Å². The van der Waals surface area contributed by atoms with Crippen molar-refractivity contribution in [3.8, 4) is 0 Å². The summed E-state index contributed by atoms with van der Waals surface area (Å²) in [7, 11) is -2.77. The van der Waals surface area contributed by atoms with Crippen molar-refractivity contribution in [2.45, 2.75) is 61.4 Å². The Morgan fingerprint density at radius 2 is 1.83 bits per heavy atom. The summed E-state index contributed by atoms with van der Waals surface area (Å²) in [6.45, 7) is 1.76. The fraction of sp³-hybridized carbons (Fsp3) is 0.500. The van der Waals surface area contributed by atoms with Gasteiger partial charge in [-0.3, -0.25) is 9.57 Å². The standard InChI is InChI=1S/C26H26ClF5N6O2S/c1-23(26(30,31)32)12-37(17-11-34-19-10-18(27)36-38(19)21(17)23)15-6-4-13(5-7-15)20-24(2,25(20,28)29)22(39)35-14-8-16(9-14)41(3,33)40/h4-7,10-11,14,16,20,33H,8-9,12H2,1-3H3,(H,35,39)/t14-,16-,20-,23-,24+,41?/m1/s1. The first-order valence-electron chi connectivity index (χ1n) is 12.8. The SMILES string of the molecule is C[C@@]1(C(F)(F)F)CN(c2ccc([C@H]3C(F)(F)[C@]3(C)C(=O)N[C@H]3C[C@H](S(C)(=N)=O)C3)cc2)c2cnc3cc(Cl)nn3c21. The molecule has 1 unspecified atom stereocenters. The Bertz CT molecular complexity index is 1690. The minimum absolute atomic E-state index is 0.00539. The molecule has 220 valence electrons. The van der Waals surface area contributed by atoms with Crippen LogP contribution in [0.2, 0.25) is 5.15 Å². The molecule has 2 saturated carbocycles. The summed E-state index contributed by atoms with van der Waals surface area (Å²) in [4.78, 5) is 18.5. The molecule has 2 aliphatic carbocycles. The van der Waals surface area contributed by atoms with Crippen LogP contribution < -0.4 is 10.2 Å². The zero-order valence-corrected chi connectivity index (χ0v) is 23.7. The topological polar surface area (TPSA) is 103 Å². The van der Waals surface area contributed by atoms with Gasteiger partial charge in [-0.1, -0.05) is 23.7 Å². The number of carbonyl (C=O) groups excluding carboxylic acids is 1. The fourth-order valence-corrected chi connectivity index (χ4v) is 7.50. The first-order chi connectivity index (χ1) is 18.9. The van der Waals surface area contributed by atoms with E-state index in [2.05, 4.69) is 15.4 Å². The molecular formula is C26H26ClF5N6O2S. The monoisotopic (exact) mass is 616 g/mol. The van der Waals surface area contributed by atoms with Crippen molar-refractivity contribution in [3.63, 3.8) is 0 Å². The van der Waals surface area contributed by atoms with Gasteiger partial charge in [0.25, 0.3) is 5.92 Å². The lowest BCUT2D eigenvalue weighted by Gasteiger charge is -2.36. The van der Waals surface area contributed by atoms with Gasteiger partial charge in [0.1, 0.15) is 10.8 Å². The zero-order valence-electron chi connectivity index (χ0n) is 22.1. The molecule has 2 N–H and O–H groups in total. The number of halogens is 6. The molecule has 2 aromatic heterocycles. The highest BCUT2D eigenvalue weighted by molar-refractivity contribution is 7.92. The molecule has 0 bridgehead atoms. The summed E-state index contributed by atoms with van der Waals surface area (Å²) >= 11 is 5.95. The third-order valence-corrected chi connectivity index (χ3v) is 10.8. The normalized spacial score (nSPS) is 31.8. The Hall–Kier alpha value is -3.00. The summed E-state index contributed by atoms with van der Waals surface area (Å²) in [5.41, 5.74) is -3.65. The number of nitrogens with zero attached hydrogens (tertiary/aromatic N) is 4. The Morgan fingerprint density at radius 1 is 1.20 bits per heavy atom. The maximum atomic E-state index is 15.1. The first kappa shape index (κ1) is 28.1. The van der Waals surface area contributed by atoms with E-state index in [4.69, 9.17) is 16.4 Å². The van der Waals surface area contributed by atoms with Crippen LogP contribution in [0.1, 0.15) is 43.9 Å². The van der Waals surface area contributed by atoms with E-state index in [1.54, 1.807) is 0 Å². The summed E-state index contributed by atoms with van der Waals surface area (Å²) in [5.74, 6) is -5.60. The summed E-state index contributed by atoms with van der Waals surface area (Å²) < 4.78 is 94.0. The number of amides is 1. The summed E-state index contributed by atoms with van der Waals surface area (Å²) in [5, 5.41) is 6.24. The van der Waals surface area contributed by atoms with Gasteiger partial charge in [-0.2, -0.15) is 18.3 Å². The molecule has 1 aromatic carbocycles. The number of nitrogens with one attached hydrogen (secondary N) is 2. The smallest absolute Gasteiger partial charge is 0.353 e. The number of rotatable bonds is 5. The lowest BCUT2D eigenvalue weighted by atomic mass is 9.87. The number of carbonyl (C=O) groups is 1. The Labute approximate surface area is 237 Å². The average molecular weight is 617 g/mol. The minimum Gasteiger partial charge on any atom is -0.353 e. The quantitative estimate of drug-likeness (QED) is 0.373. The third-order valence-electron chi connectivity index (χ3n) is 8.97. The molecule has 4 atom stereocenters. The number of fused-ring (bicyclic) bond motifs is 3. The molecule has 0 saturated heterocycles. The molecule has 3 aromatic rings. The highest BCUT2D eigenvalue weighted by Crippen LogP contribution is 2.71. The van der Waals surface area contributed by atoms with Crippen LogP contribution >= 0.6 is 11.6 Å². The molecule has 15 heteroatoms. The van der Waals surface area contributed by atoms with Crippen LogP contribution in [0.5, 0.6) is 0 Å². The lowest BCUT2D eigenvalue weighted by Crippen LogP contribution is -2.51. The zero-order chi connectivity index (χ0) is 29.9. The second kappa shape index (κ2) is 8.52. The molecule has 2 fully saturated rings. The van der Waals surface area contributed by atoms with Gasteiger partial charge in [0.05, 0.1) is 23.5 Å². The molecule has 3 heterocycles. The Morgan fingerprint density at radius 3 is 2.41 bits per heavy atom. The summed E-state index contributed by atoms with van der Waals surface area (Å²) in [6, 6.07) is 6.65. The maximum absolute atomic E-state index is 15.1. The van der Waals surface area contributed by atoms with Gasteiger partial charge >= 0.3 is 6.18 Å². The minimum atomic E-state index is -4.65. The molecule has 1 amide bonds. The molecule has 6 rings (SSSR count). The number of hydrogen-bond donors (Lipinski definition) is 2. The number of hydrogen-bond acceptors (Lipinski definition) is 6. The van der Waals surface area contributed by atoms with Crippen LogP contribution in [0.25, 0.3) is 5.65 Å². The second-order valence-corrected chi connectivity index (χ2v) is 14.5. The third kappa shape index (κ3) is 3.96. The maximum Gasteiger partial charge on any atom is 0.401 e. The van der Waals surface area contributed by atoms with Crippen LogP contribution in [0.3, 0.4) is 0 Å². The largest absolute Gasteiger partial charge is 0.401 e. The van der Waals surface area contributed by atoms with Crippen LogP contribution in [0.15, 0.2) is 36.5 Å². The van der Waals surface area contributed by atoms with Gasteiger partial charge in [0.15, 0.2) is 10.8 Å². The highest BCUT2D eigenvalue weighted by Gasteiger charge is 2.82. The van der Waals surface area contributed by atoms with E-state index in [0.29, 0.717) is 18.5 Å². The van der Waals surface area contributed by atoms with Crippen molar-refractivity contribution in [1.82, 2.24) is 19.9 Å². The Kier molecular flexibility index (Phi) is 5.85. The van der Waals surface area contributed by atoms with Gasteiger partial charge in [-0.15, -0.1) is 0 Å². The molecular weight excluding hydrogens is 591 g/mol. The van der Waals surface area contributed by atoms with E-state index in [-0.39, 0.29) is 33.0 Å². The van der Waals surface area contributed by atoms with E-state index in [0.717, 1.165) is 11.4 Å². The molecule has 1 aliphatic heterocycles. The van der Waals surface area contributed by atoms with E-state index in [1.165, 1.54) is 54.6 Å². The van der Waals surface area contributed by atoms with Gasteiger partial charge < -0.3 is 10.2 Å². The summed E-state index contributed by atoms with van der Waals surface area (Å²) in [6.07, 6.45) is -1.42. The van der Waals surface area contributed by atoms with Gasteiger partial charge in [0, 0.05) is 45.6 Å². The van der Waals surface area contributed by atoms with E-state index >= 15 is 8.78 Å². The number of alkyl halides is 5. The van der Waals surface area contributed by atoms with Crippen molar-refractivity contribution in [1.29, 1.82) is 4.78 Å². The van der Waals surface area contributed by atoms with Crippen LogP contribution in [-0.4, -0.2) is 60.9 Å². The van der Waals surface area contributed by atoms with Gasteiger partial charge in [-0.25, -0.2) is 22.5 Å². The Balaban J connectivity index is 1.26. The van der Waals surface area contributed by atoms with Crippen LogP contribution in [-0.2, 0) is 19.9 Å². The van der Waals surface area contributed by atoms with Crippen molar-refractivity contribution >= 4 is 44.3 Å². The van der Waals surface area contributed by atoms with Gasteiger partial charge in [-0.05, 0) is 44.4 Å².